The van der Waals surface area contributed by atoms with E-state index in [0.29, 0.717) is 0 Å². The number of pyridine rings is 1. The molecule has 0 spiro atoms. The van der Waals surface area contributed by atoms with Crippen LogP contribution in [0.4, 0.5) is 0 Å². The van der Waals surface area contributed by atoms with E-state index >= 15 is 0 Å². The summed E-state index contributed by atoms with van der Waals surface area (Å²) in [6.45, 7) is 0. The number of nitrogens with zero attached hydrogens (tertiary/aromatic N) is 2. The molecule has 5 aromatic rings. The van der Waals surface area contributed by atoms with Crippen LogP contribution in [0.25, 0.3) is 28.4 Å². The van der Waals surface area contributed by atoms with E-state index in [2.05, 4.69) is 76.3 Å². The van der Waals surface area contributed by atoms with Gasteiger partial charge in [-0.3, -0.25) is 4.57 Å². The molecule has 0 aliphatic carbocycles. The highest BCUT2D eigenvalue weighted by Crippen LogP contribution is 2.34. The summed E-state index contributed by atoms with van der Waals surface area (Å²) < 4.78 is 2.20. The SMILES string of the molecule is Clc1ccc2c(c1)cc(/C(=C/c1ccccc1)c1ccccc1)n2-c1ccccn1. The molecular weight excluding hydrogens is 388 g/mol. The van der Waals surface area contributed by atoms with Crippen LogP contribution >= 0.6 is 11.6 Å². The molecular formula is C27H19ClN2. The van der Waals surface area contributed by atoms with Crippen LogP contribution in [0.1, 0.15) is 16.8 Å². The number of fused-ring (bicyclic) bond motifs is 1. The van der Waals surface area contributed by atoms with Crippen LogP contribution in [-0.2, 0) is 0 Å². The van der Waals surface area contributed by atoms with Gasteiger partial charge in [-0.25, -0.2) is 4.98 Å². The first-order chi connectivity index (χ1) is 14.8. The number of aromatic nitrogens is 2. The molecule has 0 aliphatic heterocycles. The highest BCUT2D eigenvalue weighted by atomic mass is 35.5. The van der Waals surface area contributed by atoms with Crippen molar-refractivity contribution in [2.75, 3.05) is 0 Å². The lowest BCUT2D eigenvalue weighted by atomic mass is 9.99. The largest absolute Gasteiger partial charge is 0.294 e. The molecule has 30 heavy (non-hydrogen) atoms. The number of halogens is 1. The predicted octanol–water partition coefficient (Wildman–Crippen LogP) is 7.27. The molecule has 2 heterocycles. The Kier molecular flexibility index (Phi) is 4.92. The Morgan fingerprint density at radius 1 is 0.767 bits per heavy atom. The van der Waals surface area contributed by atoms with Gasteiger partial charge in [-0.15, -0.1) is 0 Å². The highest BCUT2D eigenvalue weighted by Gasteiger charge is 2.17. The molecule has 0 bridgehead atoms. The third-order valence-corrected chi connectivity index (χ3v) is 5.35. The quantitative estimate of drug-likeness (QED) is 0.287. The molecule has 0 radical (unpaired) electrons. The Bertz CT molecular complexity index is 1320. The second-order valence-corrected chi connectivity index (χ2v) is 7.53. The maximum Gasteiger partial charge on any atom is 0.137 e. The number of hydrogen-bond acceptors (Lipinski definition) is 1. The summed E-state index contributed by atoms with van der Waals surface area (Å²) in [5.74, 6) is 0.875. The first-order valence-corrected chi connectivity index (χ1v) is 10.2. The van der Waals surface area contributed by atoms with Crippen molar-refractivity contribution in [3.63, 3.8) is 0 Å². The van der Waals surface area contributed by atoms with Gasteiger partial charge in [-0.05, 0) is 53.6 Å². The van der Waals surface area contributed by atoms with E-state index in [0.717, 1.165) is 44.1 Å². The monoisotopic (exact) mass is 406 g/mol. The Balaban J connectivity index is 1.83. The van der Waals surface area contributed by atoms with E-state index in [1.165, 1.54) is 0 Å². The zero-order valence-corrected chi connectivity index (χ0v) is 17.0. The molecule has 0 saturated carbocycles. The van der Waals surface area contributed by atoms with Crippen molar-refractivity contribution in [2.24, 2.45) is 0 Å². The molecule has 3 aromatic carbocycles. The van der Waals surface area contributed by atoms with Crippen molar-refractivity contribution in [3.8, 4) is 5.82 Å². The van der Waals surface area contributed by atoms with Crippen LogP contribution in [0.5, 0.6) is 0 Å². The van der Waals surface area contributed by atoms with Gasteiger partial charge in [0.2, 0.25) is 0 Å². The second-order valence-electron chi connectivity index (χ2n) is 7.09. The molecule has 144 valence electrons. The van der Waals surface area contributed by atoms with E-state index < -0.39 is 0 Å². The van der Waals surface area contributed by atoms with Gasteiger partial charge in [0.1, 0.15) is 5.82 Å². The smallest absolute Gasteiger partial charge is 0.137 e. The predicted molar refractivity (Wildman–Crippen MR) is 126 cm³/mol. The highest BCUT2D eigenvalue weighted by molar-refractivity contribution is 6.31. The van der Waals surface area contributed by atoms with Gasteiger partial charge >= 0.3 is 0 Å². The minimum absolute atomic E-state index is 0.723. The lowest BCUT2D eigenvalue weighted by Gasteiger charge is -2.14. The lowest BCUT2D eigenvalue weighted by molar-refractivity contribution is 1.02. The normalized spacial score (nSPS) is 11.7. The van der Waals surface area contributed by atoms with E-state index in [1.807, 2.05) is 48.7 Å². The van der Waals surface area contributed by atoms with Gasteiger partial charge in [0.15, 0.2) is 0 Å². The van der Waals surface area contributed by atoms with Crippen LogP contribution in [0.3, 0.4) is 0 Å². The summed E-state index contributed by atoms with van der Waals surface area (Å²) in [4.78, 5) is 4.64. The van der Waals surface area contributed by atoms with Gasteiger partial charge in [0.05, 0.1) is 11.2 Å². The topological polar surface area (TPSA) is 17.8 Å². The molecule has 0 unspecified atom stereocenters. The molecule has 2 aromatic heterocycles. The first-order valence-electron chi connectivity index (χ1n) is 9.84. The van der Waals surface area contributed by atoms with Crippen LogP contribution in [-0.4, -0.2) is 9.55 Å². The Hall–Kier alpha value is -3.62. The zero-order valence-electron chi connectivity index (χ0n) is 16.2. The minimum Gasteiger partial charge on any atom is -0.294 e. The molecule has 2 nitrogen and oxygen atoms in total. The van der Waals surface area contributed by atoms with Gasteiger partial charge < -0.3 is 0 Å². The average Bonchev–Trinajstić information content (AvgIpc) is 3.17. The fourth-order valence-electron chi connectivity index (χ4n) is 3.76. The number of benzene rings is 3. The second kappa shape index (κ2) is 8.02. The standard InChI is InChI=1S/C27H19ClN2/c28-23-14-15-25-22(18-23)19-26(30(25)27-13-7-8-16-29-27)24(21-11-5-2-6-12-21)17-20-9-3-1-4-10-20/h1-19H/b24-17+. The van der Waals surface area contributed by atoms with Crippen molar-refractivity contribution in [3.05, 3.63) is 131 Å². The summed E-state index contributed by atoms with van der Waals surface area (Å²) in [5, 5.41) is 1.80. The molecule has 0 saturated heterocycles. The van der Waals surface area contributed by atoms with Crippen LogP contribution in [0, 0.1) is 0 Å². The molecule has 0 atom stereocenters. The Morgan fingerprint density at radius 3 is 2.23 bits per heavy atom. The van der Waals surface area contributed by atoms with Crippen molar-refractivity contribution in [2.45, 2.75) is 0 Å². The summed E-state index contributed by atoms with van der Waals surface area (Å²) in [6, 6.07) is 35.0. The first kappa shape index (κ1) is 18.4. The summed E-state index contributed by atoms with van der Waals surface area (Å²) >= 11 is 6.31. The van der Waals surface area contributed by atoms with Crippen LogP contribution in [0.2, 0.25) is 5.02 Å². The Morgan fingerprint density at radius 2 is 1.50 bits per heavy atom. The van der Waals surface area contributed by atoms with E-state index in [1.54, 1.807) is 0 Å². The Labute approximate surface area is 180 Å². The van der Waals surface area contributed by atoms with Gasteiger partial charge in [0, 0.05) is 22.2 Å². The summed E-state index contributed by atoms with van der Waals surface area (Å²) in [7, 11) is 0. The minimum atomic E-state index is 0.723. The van der Waals surface area contributed by atoms with Crippen LogP contribution in [0.15, 0.2) is 109 Å². The van der Waals surface area contributed by atoms with Crippen molar-refractivity contribution >= 4 is 34.2 Å². The van der Waals surface area contributed by atoms with Crippen molar-refractivity contribution in [1.29, 1.82) is 0 Å². The van der Waals surface area contributed by atoms with Gasteiger partial charge in [0.25, 0.3) is 0 Å². The fourth-order valence-corrected chi connectivity index (χ4v) is 3.94. The number of hydrogen-bond donors (Lipinski definition) is 0. The third kappa shape index (κ3) is 3.54. The lowest BCUT2D eigenvalue weighted by Crippen LogP contribution is -2.02. The third-order valence-electron chi connectivity index (χ3n) is 5.11. The molecule has 5 rings (SSSR count). The molecule has 0 amide bonds. The van der Waals surface area contributed by atoms with Gasteiger partial charge in [-0.1, -0.05) is 78.3 Å². The molecule has 0 N–H and O–H groups in total. The molecule has 0 aliphatic rings. The summed E-state index contributed by atoms with van der Waals surface area (Å²) in [5.41, 5.74) is 5.56. The van der Waals surface area contributed by atoms with Gasteiger partial charge in [-0.2, -0.15) is 0 Å². The van der Waals surface area contributed by atoms with E-state index in [4.69, 9.17) is 11.6 Å². The van der Waals surface area contributed by atoms with E-state index in [9.17, 15) is 0 Å². The number of rotatable bonds is 4. The van der Waals surface area contributed by atoms with E-state index in [-0.39, 0.29) is 0 Å². The van der Waals surface area contributed by atoms with Crippen LogP contribution < -0.4 is 0 Å². The van der Waals surface area contributed by atoms with Crippen molar-refractivity contribution < 1.29 is 0 Å². The maximum atomic E-state index is 6.31. The summed E-state index contributed by atoms with van der Waals surface area (Å²) in [6.07, 6.45) is 4.05. The van der Waals surface area contributed by atoms with Crippen molar-refractivity contribution in [1.82, 2.24) is 9.55 Å². The molecule has 3 heteroatoms. The average molecular weight is 407 g/mol. The molecule has 0 fully saturated rings. The fraction of sp³-hybridized carbons (Fsp3) is 0. The maximum absolute atomic E-state index is 6.31. The zero-order chi connectivity index (χ0) is 20.3.